The molecule has 0 bridgehead atoms. The van der Waals surface area contributed by atoms with Crippen LogP contribution in [0.25, 0.3) is 16.4 Å². The summed E-state index contributed by atoms with van der Waals surface area (Å²) in [5, 5.41) is 18.4. The van der Waals surface area contributed by atoms with Crippen LogP contribution in [0.2, 0.25) is 0 Å². The lowest BCUT2D eigenvalue weighted by Crippen LogP contribution is -1.99. The van der Waals surface area contributed by atoms with Gasteiger partial charge in [-0.25, -0.2) is 0 Å². The van der Waals surface area contributed by atoms with Gasteiger partial charge < -0.3 is 9.26 Å². The first-order chi connectivity index (χ1) is 12.3. The van der Waals surface area contributed by atoms with Gasteiger partial charge in [-0.05, 0) is 46.1 Å². The lowest BCUT2D eigenvalue weighted by atomic mass is 10.3. The number of benzene rings is 1. The van der Waals surface area contributed by atoms with E-state index in [1.54, 1.807) is 23.1 Å². The highest BCUT2D eigenvalue weighted by Crippen LogP contribution is 2.25. The Morgan fingerprint density at radius 3 is 2.88 bits per heavy atom. The molecule has 0 fully saturated rings. The summed E-state index contributed by atoms with van der Waals surface area (Å²) in [7, 11) is 1.63. The Labute approximate surface area is 150 Å². The van der Waals surface area contributed by atoms with Crippen LogP contribution in [0.4, 0.5) is 0 Å². The average molecular weight is 372 g/mol. The summed E-state index contributed by atoms with van der Waals surface area (Å²) < 4.78 is 12.1. The molecule has 4 aromatic rings. The molecule has 0 spiro atoms. The van der Waals surface area contributed by atoms with Gasteiger partial charge in [-0.2, -0.15) is 9.67 Å². The van der Waals surface area contributed by atoms with Crippen LogP contribution in [-0.4, -0.2) is 37.5 Å². The minimum atomic E-state index is 0.481. The lowest BCUT2D eigenvalue weighted by molar-refractivity contribution is 0.391. The monoisotopic (exact) mass is 372 g/mol. The second-order valence-electron chi connectivity index (χ2n) is 4.85. The summed E-state index contributed by atoms with van der Waals surface area (Å²) in [5.74, 6) is 2.38. The molecule has 10 heteroatoms. The van der Waals surface area contributed by atoms with Crippen molar-refractivity contribution in [3.8, 4) is 22.1 Å². The van der Waals surface area contributed by atoms with Crippen LogP contribution in [0.15, 0.2) is 51.5 Å². The van der Waals surface area contributed by atoms with Crippen molar-refractivity contribution in [3.05, 3.63) is 47.7 Å². The van der Waals surface area contributed by atoms with Gasteiger partial charge in [0.1, 0.15) is 5.75 Å². The summed E-state index contributed by atoms with van der Waals surface area (Å²) in [6.07, 6.45) is 0. The van der Waals surface area contributed by atoms with E-state index in [9.17, 15) is 0 Å². The van der Waals surface area contributed by atoms with Crippen molar-refractivity contribution >= 4 is 23.1 Å². The maximum atomic E-state index is 5.29. The maximum absolute atomic E-state index is 5.29. The van der Waals surface area contributed by atoms with Gasteiger partial charge in [-0.1, -0.05) is 23.0 Å². The Morgan fingerprint density at radius 1 is 1.24 bits per heavy atom. The van der Waals surface area contributed by atoms with Crippen LogP contribution in [0.3, 0.4) is 0 Å². The molecule has 126 valence electrons. The number of tetrazole rings is 1. The van der Waals surface area contributed by atoms with Crippen molar-refractivity contribution in [2.24, 2.45) is 0 Å². The second kappa shape index (κ2) is 7.03. The average Bonchev–Trinajstić information content (AvgIpc) is 3.40. The summed E-state index contributed by atoms with van der Waals surface area (Å²) in [4.78, 5) is 5.37. The molecule has 3 aromatic heterocycles. The molecule has 0 aliphatic heterocycles. The van der Waals surface area contributed by atoms with E-state index in [1.807, 2.05) is 41.8 Å². The van der Waals surface area contributed by atoms with Crippen LogP contribution in [0, 0.1) is 0 Å². The lowest BCUT2D eigenvalue weighted by Gasteiger charge is -2.04. The molecule has 0 atom stereocenters. The van der Waals surface area contributed by atoms with Crippen LogP contribution in [0.5, 0.6) is 5.75 Å². The van der Waals surface area contributed by atoms with Gasteiger partial charge in [0.25, 0.3) is 0 Å². The number of nitrogens with zero attached hydrogens (tertiary/aromatic N) is 6. The fourth-order valence-electron chi connectivity index (χ4n) is 2.10. The largest absolute Gasteiger partial charge is 0.497 e. The van der Waals surface area contributed by atoms with Crippen LogP contribution in [-0.2, 0) is 5.75 Å². The van der Waals surface area contributed by atoms with Crippen molar-refractivity contribution in [2.45, 2.75) is 10.9 Å². The van der Waals surface area contributed by atoms with E-state index < -0.39 is 0 Å². The summed E-state index contributed by atoms with van der Waals surface area (Å²) in [6.45, 7) is 0. The zero-order valence-electron chi connectivity index (χ0n) is 13.1. The Balaban J connectivity index is 1.48. The zero-order chi connectivity index (χ0) is 17.1. The zero-order valence-corrected chi connectivity index (χ0v) is 14.7. The van der Waals surface area contributed by atoms with Crippen LogP contribution in [0.1, 0.15) is 5.89 Å². The third-order valence-corrected chi connectivity index (χ3v) is 5.06. The van der Waals surface area contributed by atoms with Gasteiger partial charge in [0, 0.05) is 0 Å². The smallest absolute Gasteiger partial charge is 0.237 e. The Morgan fingerprint density at radius 2 is 2.12 bits per heavy atom. The molecule has 0 unspecified atom stereocenters. The highest BCUT2D eigenvalue weighted by molar-refractivity contribution is 7.98. The van der Waals surface area contributed by atoms with Crippen molar-refractivity contribution in [1.29, 1.82) is 0 Å². The SMILES string of the molecule is COc1ccc(-n2nnnc2SCc2nc(-c3cccs3)no2)cc1. The number of aromatic nitrogens is 6. The number of thioether (sulfide) groups is 1. The number of methoxy groups -OCH3 is 1. The van der Waals surface area contributed by atoms with Crippen molar-refractivity contribution < 1.29 is 9.26 Å². The molecule has 0 N–H and O–H groups in total. The first-order valence-corrected chi connectivity index (χ1v) is 9.12. The van der Waals surface area contributed by atoms with E-state index in [0.717, 1.165) is 16.3 Å². The van der Waals surface area contributed by atoms with Gasteiger partial charge in [-0.3, -0.25) is 0 Å². The maximum Gasteiger partial charge on any atom is 0.237 e. The quantitative estimate of drug-likeness (QED) is 0.477. The predicted octanol–water partition coefficient (Wildman–Crippen LogP) is 3.07. The first kappa shape index (κ1) is 15.8. The fourth-order valence-corrected chi connectivity index (χ4v) is 3.48. The molecule has 0 saturated carbocycles. The number of thiophene rings is 1. The van der Waals surface area contributed by atoms with Gasteiger partial charge in [0.2, 0.25) is 16.9 Å². The molecule has 0 radical (unpaired) electrons. The first-order valence-electron chi connectivity index (χ1n) is 7.25. The highest BCUT2D eigenvalue weighted by Gasteiger charge is 2.13. The Hall–Kier alpha value is -2.72. The van der Waals surface area contributed by atoms with Gasteiger partial charge in [0.05, 0.1) is 23.4 Å². The summed E-state index contributed by atoms with van der Waals surface area (Å²) in [5.41, 5.74) is 0.845. The predicted molar refractivity (Wildman–Crippen MR) is 92.9 cm³/mol. The minimum absolute atomic E-state index is 0.481. The van der Waals surface area contributed by atoms with Gasteiger partial charge in [0.15, 0.2) is 0 Å². The van der Waals surface area contributed by atoms with E-state index in [4.69, 9.17) is 9.26 Å². The molecule has 0 aliphatic rings. The van der Waals surface area contributed by atoms with Crippen LogP contribution < -0.4 is 4.74 Å². The molecule has 0 amide bonds. The van der Waals surface area contributed by atoms with E-state index in [2.05, 4.69) is 25.7 Å². The minimum Gasteiger partial charge on any atom is -0.497 e. The third kappa shape index (κ3) is 3.39. The van der Waals surface area contributed by atoms with E-state index in [1.165, 1.54) is 11.8 Å². The fraction of sp³-hybridized carbons (Fsp3) is 0.133. The molecule has 1 aromatic carbocycles. The second-order valence-corrected chi connectivity index (χ2v) is 6.74. The van der Waals surface area contributed by atoms with E-state index in [0.29, 0.717) is 22.6 Å². The molecule has 8 nitrogen and oxygen atoms in total. The molecule has 0 aliphatic carbocycles. The number of ether oxygens (including phenoxy) is 1. The van der Waals surface area contributed by atoms with Crippen LogP contribution >= 0.6 is 23.1 Å². The van der Waals surface area contributed by atoms with Crippen molar-refractivity contribution in [2.75, 3.05) is 7.11 Å². The van der Waals surface area contributed by atoms with Crippen molar-refractivity contribution in [3.63, 3.8) is 0 Å². The van der Waals surface area contributed by atoms with E-state index >= 15 is 0 Å². The number of hydrogen-bond donors (Lipinski definition) is 0. The molecule has 25 heavy (non-hydrogen) atoms. The van der Waals surface area contributed by atoms with Gasteiger partial charge in [-0.15, -0.1) is 16.4 Å². The van der Waals surface area contributed by atoms with Crippen molar-refractivity contribution in [1.82, 2.24) is 30.3 Å². The van der Waals surface area contributed by atoms with E-state index in [-0.39, 0.29) is 0 Å². The topological polar surface area (TPSA) is 91.8 Å². The summed E-state index contributed by atoms with van der Waals surface area (Å²) >= 11 is 2.99. The molecular weight excluding hydrogens is 360 g/mol. The molecule has 4 rings (SSSR count). The Bertz CT molecular complexity index is 949. The molecule has 0 saturated heterocycles. The molecular formula is C15H12N6O2S2. The number of rotatable bonds is 6. The third-order valence-electron chi connectivity index (χ3n) is 3.29. The van der Waals surface area contributed by atoms with Gasteiger partial charge >= 0.3 is 0 Å². The normalized spacial score (nSPS) is 10.9. The Kier molecular flexibility index (Phi) is 4.44. The summed E-state index contributed by atoms with van der Waals surface area (Å²) in [6, 6.07) is 11.4. The highest BCUT2D eigenvalue weighted by atomic mass is 32.2. The number of hydrogen-bond acceptors (Lipinski definition) is 9. The standard InChI is InChI=1S/C15H12N6O2S2/c1-22-11-6-4-10(5-7-11)21-15(17-19-20-21)25-9-13-16-14(18-23-13)12-3-2-8-24-12/h2-8H,9H2,1H3. The molecule has 3 heterocycles.